The molecule has 0 radical (unpaired) electrons. The number of hydrogen-bond donors (Lipinski definition) is 1. The third-order valence-corrected chi connectivity index (χ3v) is 2.47. The summed E-state index contributed by atoms with van der Waals surface area (Å²) in [7, 11) is 0. The summed E-state index contributed by atoms with van der Waals surface area (Å²) < 4.78 is 1.97. The van der Waals surface area contributed by atoms with Gasteiger partial charge in [0.2, 0.25) is 0 Å². The average Bonchev–Trinajstić information content (AvgIpc) is 2.64. The highest BCUT2D eigenvalue weighted by atomic mass is 32.1. The first-order chi connectivity index (χ1) is 7.20. The zero-order valence-electron chi connectivity index (χ0n) is 8.34. The van der Waals surface area contributed by atoms with Gasteiger partial charge in [0.25, 0.3) is 0 Å². The Balaban J connectivity index is 2.63. The first-order valence-electron chi connectivity index (χ1n) is 4.59. The van der Waals surface area contributed by atoms with Crippen molar-refractivity contribution in [1.29, 1.82) is 0 Å². The van der Waals surface area contributed by atoms with Crippen LogP contribution < -0.4 is 5.73 Å². The van der Waals surface area contributed by atoms with Gasteiger partial charge in [-0.05, 0) is 19.1 Å². The van der Waals surface area contributed by atoms with Crippen molar-refractivity contribution >= 4 is 17.2 Å². The van der Waals surface area contributed by atoms with E-state index in [0.717, 1.165) is 17.1 Å². The van der Waals surface area contributed by atoms with Crippen molar-refractivity contribution in [2.24, 2.45) is 5.73 Å². The lowest BCUT2D eigenvalue weighted by Crippen LogP contribution is -2.13. The highest BCUT2D eigenvalue weighted by Crippen LogP contribution is 2.15. The van der Waals surface area contributed by atoms with E-state index in [9.17, 15) is 0 Å². The van der Waals surface area contributed by atoms with Crippen LogP contribution in [0.5, 0.6) is 0 Å². The Morgan fingerprint density at radius 3 is 2.73 bits per heavy atom. The molecule has 0 spiro atoms. The Labute approximate surface area is 93.6 Å². The largest absolute Gasteiger partial charge is 0.389 e. The lowest BCUT2D eigenvalue weighted by Gasteiger charge is -2.10. The molecule has 15 heavy (non-hydrogen) atoms. The third kappa shape index (κ3) is 1.76. The van der Waals surface area contributed by atoms with Crippen LogP contribution in [0.1, 0.15) is 11.4 Å². The number of nitrogens with zero attached hydrogens (tertiary/aromatic N) is 2. The van der Waals surface area contributed by atoms with Gasteiger partial charge in [0.15, 0.2) is 0 Å². The van der Waals surface area contributed by atoms with Crippen molar-refractivity contribution in [1.82, 2.24) is 9.55 Å². The third-order valence-electron chi connectivity index (χ3n) is 2.25. The van der Waals surface area contributed by atoms with Crippen LogP contribution in [0.15, 0.2) is 36.7 Å². The first-order valence-corrected chi connectivity index (χ1v) is 5.00. The van der Waals surface area contributed by atoms with Crippen molar-refractivity contribution in [3.8, 4) is 5.69 Å². The van der Waals surface area contributed by atoms with Crippen LogP contribution in [0.25, 0.3) is 5.69 Å². The predicted molar refractivity (Wildman–Crippen MR) is 64.2 cm³/mol. The fraction of sp³-hybridized carbons (Fsp3) is 0.0909. The molecular formula is C11H11N3S. The number of nitrogens with two attached hydrogens (primary N) is 1. The van der Waals surface area contributed by atoms with E-state index in [1.165, 1.54) is 0 Å². The lowest BCUT2D eigenvalue weighted by molar-refractivity contribution is 0.972. The maximum Gasteiger partial charge on any atom is 0.110 e. The standard InChI is InChI=1S/C11H11N3S/c1-8-13-6-7-14(8)10-5-3-2-4-9(10)11(12)15/h2-7H,1H3,(H2,12,15). The molecule has 4 heteroatoms. The number of aromatic nitrogens is 2. The Bertz CT molecular complexity index is 502. The maximum atomic E-state index is 5.67. The van der Waals surface area contributed by atoms with Crippen LogP contribution in [0.2, 0.25) is 0 Å². The van der Waals surface area contributed by atoms with E-state index in [1.54, 1.807) is 6.20 Å². The van der Waals surface area contributed by atoms with Crippen molar-refractivity contribution in [3.63, 3.8) is 0 Å². The Kier molecular flexibility index (Phi) is 2.51. The van der Waals surface area contributed by atoms with Crippen molar-refractivity contribution in [3.05, 3.63) is 48.0 Å². The summed E-state index contributed by atoms with van der Waals surface area (Å²) >= 11 is 5.01. The molecule has 0 fully saturated rings. The van der Waals surface area contributed by atoms with Crippen LogP contribution in [-0.4, -0.2) is 14.5 Å². The molecule has 0 unspecified atom stereocenters. The van der Waals surface area contributed by atoms with Gasteiger partial charge in [-0.1, -0.05) is 24.4 Å². The molecule has 2 N–H and O–H groups in total. The van der Waals surface area contributed by atoms with E-state index in [2.05, 4.69) is 4.98 Å². The van der Waals surface area contributed by atoms with Crippen LogP contribution in [0, 0.1) is 6.92 Å². The van der Waals surface area contributed by atoms with Gasteiger partial charge in [-0.25, -0.2) is 4.98 Å². The molecule has 1 aromatic carbocycles. The van der Waals surface area contributed by atoms with Gasteiger partial charge in [0.05, 0.1) is 5.69 Å². The molecular weight excluding hydrogens is 206 g/mol. The second-order valence-corrected chi connectivity index (χ2v) is 3.67. The molecule has 3 nitrogen and oxygen atoms in total. The molecule has 0 saturated heterocycles. The molecule has 0 amide bonds. The fourth-order valence-corrected chi connectivity index (χ4v) is 1.70. The summed E-state index contributed by atoms with van der Waals surface area (Å²) in [6.07, 6.45) is 3.65. The Morgan fingerprint density at radius 1 is 1.40 bits per heavy atom. The highest BCUT2D eigenvalue weighted by molar-refractivity contribution is 7.80. The van der Waals surface area contributed by atoms with Gasteiger partial charge < -0.3 is 10.3 Å². The van der Waals surface area contributed by atoms with Gasteiger partial charge in [0.1, 0.15) is 10.8 Å². The lowest BCUT2D eigenvalue weighted by atomic mass is 10.1. The quantitative estimate of drug-likeness (QED) is 0.780. The van der Waals surface area contributed by atoms with Crippen LogP contribution >= 0.6 is 12.2 Å². The monoisotopic (exact) mass is 217 g/mol. The molecule has 2 rings (SSSR count). The summed E-state index contributed by atoms with van der Waals surface area (Å²) in [5.41, 5.74) is 7.51. The van der Waals surface area contributed by atoms with Gasteiger partial charge >= 0.3 is 0 Å². The van der Waals surface area contributed by atoms with E-state index in [0.29, 0.717) is 4.99 Å². The number of thiocarbonyl (C=S) groups is 1. The highest BCUT2D eigenvalue weighted by Gasteiger charge is 2.07. The summed E-state index contributed by atoms with van der Waals surface area (Å²) in [5, 5.41) is 0. The minimum absolute atomic E-state index is 0.402. The molecule has 2 aromatic rings. The molecule has 0 aliphatic rings. The minimum atomic E-state index is 0.402. The predicted octanol–water partition coefficient (Wildman–Crippen LogP) is 1.81. The zero-order valence-corrected chi connectivity index (χ0v) is 9.16. The van der Waals surface area contributed by atoms with Gasteiger partial charge in [0, 0.05) is 18.0 Å². The average molecular weight is 217 g/mol. The number of aryl methyl sites for hydroxylation is 1. The fourth-order valence-electron chi connectivity index (χ4n) is 1.52. The first kappa shape index (κ1) is 9.86. The second-order valence-electron chi connectivity index (χ2n) is 3.23. The summed E-state index contributed by atoms with van der Waals surface area (Å²) in [6.45, 7) is 1.94. The van der Waals surface area contributed by atoms with Gasteiger partial charge in [-0.2, -0.15) is 0 Å². The molecule has 0 saturated carbocycles. The van der Waals surface area contributed by atoms with E-state index in [4.69, 9.17) is 18.0 Å². The molecule has 1 aromatic heterocycles. The van der Waals surface area contributed by atoms with Crippen LogP contribution in [0.3, 0.4) is 0 Å². The SMILES string of the molecule is Cc1nccn1-c1ccccc1C(N)=S. The van der Waals surface area contributed by atoms with Crippen molar-refractivity contribution in [2.75, 3.05) is 0 Å². The zero-order chi connectivity index (χ0) is 10.8. The molecule has 76 valence electrons. The summed E-state index contributed by atoms with van der Waals surface area (Å²) in [4.78, 5) is 4.57. The smallest absolute Gasteiger partial charge is 0.110 e. The minimum Gasteiger partial charge on any atom is -0.389 e. The van der Waals surface area contributed by atoms with E-state index in [1.807, 2.05) is 42.0 Å². The normalized spacial score (nSPS) is 10.2. The summed E-state index contributed by atoms with van der Waals surface area (Å²) in [5.74, 6) is 0.915. The van der Waals surface area contributed by atoms with Gasteiger partial charge in [-0.3, -0.25) is 0 Å². The number of imidazole rings is 1. The van der Waals surface area contributed by atoms with E-state index < -0.39 is 0 Å². The van der Waals surface area contributed by atoms with Gasteiger partial charge in [-0.15, -0.1) is 0 Å². The molecule has 0 bridgehead atoms. The molecule has 0 aliphatic heterocycles. The van der Waals surface area contributed by atoms with Crippen LogP contribution in [0.4, 0.5) is 0 Å². The Hall–Kier alpha value is -1.68. The summed E-state index contributed by atoms with van der Waals surface area (Å²) in [6, 6.07) is 7.76. The van der Waals surface area contributed by atoms with E-state index in [-0.39, 0.29) is 0 Å². The number of hydrogen-bond acceptors (Lipinski definition) is 2. The van der Waals surface area contributed by atoms with Crippen molar-refractivity contribution in [2.45, 2.75) is 6.92 Å². The number of para-hydroxylation sites is 1. The van der Waals surface area contributed by atoms with Crippen molar-refractivity contribution < 1.29 is 0 Å². The van der Waals surface area contributed by atoms with Crippen LogP contribution in [-0.2, 0) is 0 Å². The molecule has 1 heterocycles. The van der Waals surface area contributed by atoms with E-state index >= 15 is 0 Å². The molecule has 0 atom stereocenters. The maximum absolute atomic E-state index is 5.67. The topological polar surface area (TPSA) is 43.8 Å². The molecule has 0 aliphatic carbocycles. The second kappa shape index (κ2) is 3.82. The Morgan fingerprint density at radius 2 is 2.13 bits per heavy atom. The number of benzene rings is 1. The number of rotatable bonds is 2.